The molecule has 0 N–H and O–H groups in total. The molecule has 16 aromatic rings. The summed E-state index contributed by atoms with van der Waals surface area (Å²) < 4.78 is 16.8. The summed E-state index contributed by atoms with van der Waals surface area (Å²) in [6, 6.07) is 98.7. The average molecular weight is 1310 g/mol. The van der Waals surface area contributed by atoms with Gasteiger partial charge in [-0.15, -0.1) is 0 Å². The Bertz CT molecular complexity index is 5440. The van der Waals surface area contributed by atoms with E-state index in [1.54, 1.807) is 0 Å². The maximum absolute atomic E-state index is 6.32. The minimum atomic E-state index is -0.405. The van der Waals surface area contributed by atoms with E-state index in [9.17, 15) is 0 Å². The van der Waals surface area contributed by atoms with Crippen LogP contribution in [0.25, 0.3) is 135 Å². The lowest BCUT2D eigenvalue weighted by molar-refractivity contribution is 0.00578. The number of benzene rings is 10. The highest BCUT2D eigenvalue weighted by Gasteiger charge is 2.51. The van der Waals surface area contributed by atoms with Crippen LogP contribution in [0.5, 0.6) is 0 Å². The van der Waals surface area contributed by atoms with E-state index in [-0.39, 0.29) is 25.3 Å². The van der Waals surface area contributed by atoms with E-state index >= 15 is 0 Å². The molecule has 12 nitrogen and oxygen atoms in total. The lowest BCUT2D eigenvalue weighted by atomic mass is 9.78. The van der Waals surface area contributed by atoms with Crippen LogP contribution >= 0.6 is 11.6 Å². The highest BCUT2D eigenvalue weighted by molar-refractivity contribution is 6.62. The minimum Gasteiger partial charge on any atom is -0.399 e. The average Bonchev–Trinajstić information content (AvgIpc) is 1.57. The zero-order valence-electron chi connectivity index (χ0n) is 55.0. The molecule has 6 aromatic heterocycles. The number of aromatic nitrogens is 10. The second-order valence-corrected chi connectivity index (χ2v) is 25.6. The molecule has 99 heavy (non-hydrogen) atoms. The number of hydrogen-bond donors (Lipinski definition) is 0. The van der Waals surface area contributed by atoms with Gasteiger partial charge in [0.2, 0.25) is 5.28 Å². The van der Waals surface area contributed by atoms with Gasteiger partial charge in [0, 0.05) is 73.4 Å². The number of hydrogen-bond acceptors (Lipinski definition) is 10. The van der Waals surface area contributed by atoms with Crippen LogP contribution in [0.3, 0.4) is 0 Å². The van der Waals surface area contributed by atoms with Gasteiger partial charge in [0.15, 0.2) is 29.1 Å². The molecule has 484 valence electrons. The van der Waals surface area contributed by atoms with Gasteiger partial charge in [-0.1, -0.05) is 280 Å². The molecule has 1 fully saturated rings. The number of pyridine rings is 2. The Kier molecular flexibility index (Phi) is 18.0. The maximum Gasteiger partial charge on any atom is 0.494 e. The van der Waals surface area contributed by atoms with Gasteiger partial charge in [-0.05, 0) is 87.6 Å². The summed E-state index contributed by atoms with van der Waals surface area (Å²) in [7, 11) is -0.405. The lowest BCUT2D eigenvalue weighted by Gasteiger charge is -2.32. The first-order valence-electron chi connectivity index (χ1n) is 32.7. The van der Waals surface area contributed by atoms with Crippen molar-refractivity contribution in [1.29, 1.82) is 0 Å². The van der Waals surface area contributed by atoms with Crippen LogP contribution in [-0.2, 0) is 9.31 Å². The van der Waals surface area contributed by atoms with Crippen LogP contribution in [0, 0.1) is 13.8 Å². The first-order chi connectivity index (χ1) is 47.8. The van der Waals surface area contributed by atoms with Crippen molar-refractivity contribution in [3.05, 3.63) is 308 Å². The Balaban J connectivity index is 0.000000143. The highest BCUT2D eigenvalue weighted by Crippen LogP contribution is 2.40. The second-order valence-electron chi connectivity index (χ2n) is 25.3. The Morgan fingerprint density at radius 3 is 1.03 bits per heavy atom. The van der Waals surface area contributed by atoms with E-state index in [0.29, 0.717) is 29.1 Å². The van der Waals surface area contributed by atoms with Gasteiger partial charge in [0.25, 0.3) is 0 Å². The number of nitrogens with zero attached hydrogens (tertiary/aromatic N) is 10. The van der Waals surface area contributed by atoms with E-state index in [1.165, 1.54) is 21.5 Å². The maximum atomic E-state index is 6.32. The predicted octanol–water partition coefficient (Wildman–Crippen LogP) is 20.5. The van der Waals surface area contributed by atoms with Gasteiger partial charge in [-0.25, -0.2) is 29.0 Å². The summed E-state index contributed by atoms with van der Waals surface area (Å²) in [5, 5.41) is 15.4. The van der Waals surface area contributed by atoms with Crippen molar-refractivity contribution in [3.63, 3.8) is 0 Å². The first-order valence-corrected chi connectivity index (χ1v) is 33.1. The van der Waals surface area contributed by atoms with Gasteiger partial charge in [-0.2, -0.15) is 20.2 Å². The predicted molar refractivity (Wildman–Crippen MR) is 407 cm³/mol. The van der Waals surface area contributed by atoms with Crippen molar-refractivity contribution < 1.29 is 10.7 Å². The third-order valence-electron chi connectivity index (χ3n) is 18.3. The van der Waals surface area contributed by atoms with Crippen molar-refractivity contribution in [2.24, 2.45) is 0 Å². The molecule has 7 heterocycles. The molecule has 0 amide bonds. The van der Waals surface area contributed by atoms with E-state index < -0.39 is 7.12 Å². The summed E-state index contributed by atoms with van der Waals surface area (Å²) in [6.45, 7) is 12.7. The van der Waals surface area contributed by atoms with Crippen LogP contribution in [0.15, 0.2) is 291 Å². The quantitative estimate of drug-likeness (QED) is 0.122. The molecular formula is C85H72BClN10O2. The molecule has 1 saturated heterocycles. The first kappa shape index (κ1) is 64.7. The fourth-order valence-corrected chi connectivity index (χ4v) is 12.7. The zero-order valence-corrected chi connectivity index (χ0v) is 55.7. The molecule has 1 aliphatic rings. The smallest absolute Gasteiger partial charge is 0.399 e. The van der Waals surface area contributed by atoms with Gasteiger partial charge in [0.05, 0.1) is 45.0 Å². The molecule has 0 spiro atoms. The summed E-state index contributed by atoms with van der Waals surface area (Å²) in [5.74, 6) is 3.07. The van der Waals surface area contributed by atoms with E-state index in [4.69, 9.17) is 46.1 Å². The number of halogens is 1. The van der Waals surface area contributed by atoms with Crippen molar-refractivity contribution in [3.8, 4) is 102 Å². The molecule has 0 bridgehead atoms. The van der Waals surface area contributed by atoms with E-state index in [0.717, 1.165) is 100 Å². The fraction of sp³-hybridized carbons (Fsp3) is 0.106. The normalized spacial score (nSPS) is 13.0. The Labute approximate surface area is 583 Å². The number of aryl methyl sites for hydroxylation is 2. The summed E-state index contributed by atoms with van der Waals surface area (Å²) in [4.78, 5) is 27.6. The highest BCUT2D eigenvalue weighted by atomic mass is 35.5. The van der Waals surface area contributed by atoms with Crippen molar-refractivity contribution in [2.75, 3.05) is 0 Å². The molecule has 0 unspecified atom stereocenters. The van der Waals surface area contributed by atoms with Gasteiger partial charge < -0.3 is 9.31 Å². The molecule has 17 rings (SSSR count). The molecule has 10 aromatic carbocycles. The third kappa shape index (κ3) is 13.0. The Hall–Kier alpha value is -11.6. The van der Waals surface area contributed by atoms with Crippen LogP contribution in [0.1, 0.15) is 47.7 Å². The van der Waals surface area contributed by atoms with Crippen LogP contribution in [-0.4, -0.2) is 67.5 Å². The van der Waals surface area contributed by atoms with Crippen molar-refractivity contribution in [1.82, 2.24) is 49.1 Å². The fourth-order valence-electron chi connectivity index (χ4n) is 12.6. The Morgan fingerprint density at radius 1 is 0.333 bits per heavy atom. The largest absolute Gasteiger partial charge is 0.494 e. The van der Waals surface area contributed by atoms with Crippen LogP contribution in [0.2, 0.25) is 5.28 Å². The molecule has 0 atom stereocenters. The summed E-state index contributed by atoms with van der Waals surface area (Å²) >= 11 is 5.99. The Morgan fingerprint density at radius 2 is 0.636 bits per heavy atom. The molecule has 0 saturated carbocycles. The van der Waals surface area contributed by atoms with Crippen molar-refractivity contribution in [2.45, 2.75) is 60.2 Å². The second kappa shape index (κ2) is 27.5. The van der Waals surface area contributed by atoms with Crippen LogP contribution < -0.4 is 5.46 Å². The summed E-state index contributed by atoms with van der Waals surface area (Å²) in [6.07, 6.45) is 0. The summed E-state index contributed by atoms with van der Waals surface area (Å²) in [5.41, 5.74) is 17.8. The van der Waals surface area contributed by atoms with E-state index in [2.05, 4.69) is 223 Å². The van der Waals surface area contributed by atoms with Gasteiger partial charge >= 0.3 is 7.12 Å². The molecular weight excluding hydrogens is 1240 g/mol. The van der Waals surface area contributed by atoms with Crippen LogP contribution in [0.4, 0.5) is 0 Å². The molecule has 0 radical (unpaired) electrons. The zero-order chi connectivity index (χ0) is 66.9. The minimum absolute atomic E-state index is 0. The van der Waals surface area contributed by atoms with Gasteiger partial charge in [-0.3, -0.25) is 0 Å². The number of fused-ring (bicyclic) bond motifs is 6. The third-order valence-corrected chi connectivity index (χ3v) is 18.5. The lowest BCUT2D eigenvalue weighted by Crippen LogP contribution is -2.41. The number of rotatable bonds is 10. The molecule has 0 aliphatic carbocycles. The van der Waals surface area contributed by atoms with E-state index in [1.807, 2.05) is 133 Å². The monoisotopic (exact) mass is 1310 g/mol. The molecule has 14 heteroatoms. The molecule has 1 aliphatic heterocycles. The SMILES string of the molecule is C.Cc1c(-c2cccc(-c3nc(-c4ccccc4)nc(-c4ccccc4)n3)c2)nn2c(-c3ccccc3)cc3ccccc3c12.Cc1c(-c2cccc(B3OC(C)(C)C(C)(C)O3)c2)nn2c(-c3ccccc3)cc3ccccc3c12.Clc1nc(-c2ccccc2)nc(-c2ccccc2)n1.[2HH]. The van der Waals surface area contributed by atoms with Crippen molar-refractivity contribution >= 4 is 56.8 Å². The topological polar surface area (TPSA) is 130 Å². The van der Waals surface area contributed by atoms with Gasteiger partial charge in [0.1, 0.15) is 0 Å². The standard InChI is InChI=1S/C39H27N5.C30H29BN2O2.C15H10ClN3.CH4.H2/c1-26-35(43-44-34(27-14-5-2-6-15-27)25-30-20-11-12-23-33(30)36(26)44)31-21-13-22-32(24-31)39-41-37(28-16-7-3-8-17-28)40-38(42-39)29-18-9-4-10-19-29;1-20-27(23-15-11-16-24(18-23)31-34-29(2,3)30(4,5)35-31)32-33-26(21-12-7-6-8-13-21)19-22-14-9-10-17-25(22)28(20)33;16-15-18-13(11-7-3-1-4-8-11)17-14(19-15)12-9-5-2-6-10-12;;/h2-25H,1H3;6-19H,1-5H3;1-10H;1H4;1H/i;;;;1+1.